The fourth-order valence-electron chi connectivity index (χ4n) is 1.42. The van der Waals surface area contributed by atoms with Crippen LogP contribution in [0.3, 0.4) is 0 Å². The summed E-state index contributed by atoms with van der Waals surface area (Å²) >= 11 is 0. The van der Waals surface area contributed by atoms with Gasteiger partial charge >= 0.3 is 0 Å². The van der Waals surface area contributed by atoms with Crippen molar-refractivity contribution in [1.29, 1.82) is 0 Å². The molecular formula is C8H17NO2. The van der Waals surface area contributed by atoms with Gasteiger partial charge in [0.05, 0.1) is 6.10 Å². The Morgan fingerprint density at radius 2 is 2.45 bits per heavy atom. The fraction of sp³-hybridized carbons (Fsp3) is 1.00. The second-order valence-electron chi connectivity index (χ2n) is 3.24. The summed E-state index contributed by atoms with van der Waals surface area (Å²) in [5.41, 5.74) is 5.94. The molecule has 0 aromatic rings. The molecule has 1 fully saturated rings. The largest absolute Gasteiger partial charge is 0.385 e. The van der Waals surface area contributed by atoms with Crippen LogP contribution in [0.15, 0.2) is 0 Å². The monoisotopic (exact) mass is 159 g/mol. The predicted molar refractivity (Wildman–Crippen MR) is 43.4 cm³/mol. The number of hydrogen-bond acceptors (Lipinski definition) is 3. The minimum Gasteiger partial charge on any atom is -0.385 e. The van der Waals surface area contributed by atoms with Crippen molar-refractivity contribution in [2.45, 2.75) is 31.4 Å². The highest BCUT2D eigenvalue weighted by Gasteiger charge is 2.36. The molecular weight excluding hydrogens is 142 g/mol. The molecule has 1 aliphatic rings. The predicted octanol–water partition coefficient (Wildman–Crippen LogP) is 0.529. The van der Waals surface area contributed by atoms with Crippen LogP contribution in [0.5, 0.6) is 0 Å². The van der Waals surface area contributed by atoms with E-state index in [1.807, 2.05) is 6.92 Å². The molecule has 2 N–H and O–H groups in total. The Bertz CT molecular complexity index is 129. The highest BCUT2D eigenvalue weighted by Crippen LogP contribution is 2.25. The summed E-state index contributed by atoms with van der Waals surface area (Å²) in [6.07, 6.45) is 2.03. The Hall–Kier alpha value is -0.120. The second kappa shape index (κ2) is 3.52. The average molecular weight is 159 g/mol. The van der Waals surface area contributed by atoms with Gasteiger partial charge in [-0.3, -0.25) is 0 Å². The normalized spacial score (nSPS) is 37.9. The van der Waals surface area contributed by atoms with E-state index in [4.69, 9.17) is 15.2 Å². The zero-order chi connectivity index (χ0) is 8.32. The van der Waals surface area contributed by atoms with Gasteiger partial charge in [-0.05, 0) is 19.8 Å². The van der Waals surface area contributed by atoms with Crippen LogP contribution in [-0.2, 0) is 9.47 Å². The zero-order valence-corrected chi connectivity index (χ0v) is 7.30. The van der Waals surface area contributed by atoms with E-state index in [0.29, 0.717) is 0 Å². The summed E-state index contributed by atoms with van der Waals surface area (Å²) in [7, 11) is 1.70. The molecule has 2 atom stereocenters. The summed E-state index contributed by atoms with van der Waals surface area (Å²) in [6.45, 7) is 3.55. The van der Waals surface area contributed by atoms with Gasteiger partial charge in [0.2, 0.25) is 0 Å². The van der Waals surface area contributed by atoms with E-state index < -0.39 is 0 Å². The Labute approximate surface area is 67.9 Å². The molecule has 0 spiro atoms. The van der Waals surface area contributed by atoms with Crippen molar-refractivity contribution in [2.75, 3.05) is 20.3 Å². The Morgan fingerprint density at radius 1 is 1.73 bits per heavy atom. The lowest BCUT2D eigenvalue weighted by atomic mass is 9.90. The lowest BCUT2D eigenvalue weighted by Crippen LogP contribution is -2.46. The number of methoxy groups -OCH3 is 1. The molecule has 3 heteroatoms. The maximum atomic E-state index is 6.08. The van der Waals surface area contributed by atoms with Crippen LogP contribution in [0, 0.1) is 0 Å². The molecule has 0 amide bonds. The zero-order valence-electron chi connectivity index (χ0n) is 7.30. The summed E-state index contributed by atoms with van der Waals surface area (Å²) in [5.74, 6) is 0. The molecule has 11 heavy (non-hydrogen) atoms. The van der Waals surface area contributed by atoms with Gasteiger partial charge in [-0.25, -0.2) is 0 Å². The number of hydrogen-bond donors (Lipinski definition) is 1. The molecule has 0 aromatic heterocycles. The van der Waals surface area contributed by atoms with Crippen LogP contribution >= 0.6 is 0 Å². The van der Waals surface area contributed by atoms with Crippen LogP contribution in [0.25, 0.3) is 0 Å². The topological polar surface area (TPSA) is 44.5 Å². The third-order valence-corrected chi connectivity index (χ3v) is 2.52. The third-order valence-electron chi connectivity index (χ3n) is 2.52. The highest BCUT2D eigenvalue weighted by molar-refractivity contribution is 4.94. The second-order valence-corrected chi connectivity index (χ2v) is 3.24. The van der Waals surface area contributed by atoms with E-state index in [9.17, 15) is 0 Å². The molecule has 0 radical (unpaired) electrons. The van der Waals surface area contributed by atoms with Crippen molar-refractivity contribution in [1.82, 2.24) is 0 Å². The van der Waals surface area contributed by atoms with E-state index in [-0.39, 0.29) is 11.6 Å². The van der Waals surface area contributed by atoms with Gasteiger partial charge < -0.3 is 15.2 Å². The van der Waals surface area contributed by atoms with E-state index in [0.717, 1.165) is 26.1 Å². The van der Waals surface area contributed by atoms with Gasteiger partial charge in [0.25, 0.3) is 0 Å². The third kappa shape index (κ3) is 1.92. The first-order chi connectivity index (χ1) is 5.19. The maximum absolute atomic E-state index is 6.08. The fourth-order valence-corrected chi connectivity index (χ4v) is 1.42. The van der Waals surface area contributed by atoms with Gasteiger partial charge in [0, 0.05) is 25.9 Å². The van der Waals surface area contributed by atoms with Crippen molar-refractivity contribution >= 4 is 0 Å². The Kier molecular flexibility index (Phi) is 2.87. The van der Waals surface area contributed by atoms with E-state index in [1.165, 1.54) is 0 Å². The number of rotatable bonds is 3. The van der Waals surface area contributed by atoms with Gasteiger partial charge in [-0.15, -0.1) is 0 Å². The summed E-state index contributed by atoms with van der Waals surface area (Å²) in [5, 5.41) is 0. The Balaban J connectivity index is 2.38. The molecule has 66 valence electrons. The van der Waals surface area contributed by atoms with Crippen LogP contribution in [0.2, 0.25) is 0 Å². The minimum absolute atomic E-state index is 0.143. The van der Waals surface area contributed by atoms with Crippen molar-refractivity contribution in [3.05, 3.63) is 0 Å². The van der Waals surface area contributed by atoms with Gasteiger partial charge in [0.15, 0.2) is 0 Å². The lowest BCUT2D eigenvalue weighted by molar-refractivity contribution is 0.0799. The van der Waals surface area contributed by atoms with Crippen molar-refractivity contribution in [3.8, 4) is 0 Å². The van der Waals surface area contributed by atoms with Crippen LogP contribution < -0.4 is 5.73 Å². The first-order valence-electron chi connectivity index (χ1n) is 4.08. The quantitative estimate of drug-likeness (QED) is 0.653. The molecule has 0 aromatic carbocycles. The number of ether oxygens (including phenoxy) is 2. The standard InChI is InChI=1S/C8H17NO2/c1-7-8(9,3-5-10-2)4-6-11-7/h7H,3-6,9H2,1-2H3. The van der Waals surface area contributed by atoms with Crippen molar-refractivity contribution < 1.29 is 9.47 Å². The van der Waals surface area contributed by atoms with Gasteiger partial charge in [-0.1, -0.05) is 0 Å². The molecule has 1 aliphatic heterocycles. The van der Waals surface area contributed by atoms with E-state index >= 15 is 0 Å². The van der Waals surface area contributed by atoms with Gasteiger partial charge in [0.1, 0.15) is 0 Å². The van der Waals surface area contributed by atoms with E-state index in [1.54, 1.807) is 7.11 Å². The molecule has 0 saturated carbocycles. The molecule has 1 heterocycles. The SMILES string of the molecule is COCCC1(N)CCOC1C. The van der Waals surface area contributed by atoms with Crippen molar-refractivity contribution in [2.24, 2.45) is 5.73 Å². The summed E-state index contributed by atoms with van der Waals surface area (Å²) in [4.78, 5) is 0. The molecule has 1 rings (SSSR count). The average Bonchev–Trinajstić information content (AvgIpc) is 2.30. The highest BCUT2D eigenvalue weighted by atomic mass is 16.5. The van der Waals surface area contributed by atoms with Crippen molar-refractivity contribution in [3.63, 3.8) is 0 Å². The van der Waals surface area contributed by atoms with Crippen LogP contribution in [0.1, 0.15) is 19.8 Å². The lowest BCUT2D eigenvalue weighted by Gasteiger charge is -2.26. The number of nitrogens with two attached hydrogens (primary N) is 1. The van der Waals surface area contributed by atoms with E-state index in [2.05, 4.69) is 0 Å². The maximum Gasteiger partial charge on any atom is 0.0728 e. The first-order valence-corrected chi connectivity index (χ1v) is 4.08. The molecule has 0 bridgehead atoms. The molecule has 3 nitrogen and oxygen atoms in total. The van der Waals surface area contributed by atoms with Crippen LogP contribution in [0.4, 0.5) is 0 Å². The molecule has 1 saturated heterocycles. The van der Waals surface area contributed by atoms with Crippen LogP contribution in [-0.4, -0.2) is 32.0 Å². The Morgan fingerprint density at radius 3 is 2.91 bits per heavy atom. The summed E-state index contributed by atoms with van der Waals surface area (Å²) < 4.78 is 10.4. The molecule has 0 aliphatic carbocycles. The van der Waals surface area contributed by atoms with Gasteiger partial charge in [-0.2, -0.15) is 0 Å². The summed E-state index contributed by atoms with van der Waals surface area (Å²) in [6, 6.07) is 0. The minimum atomic E-state index is -0.143. The molecule has 2 unspecified atom stereocenters. The smallest absolute Gasteiger partial charge is 0.0728 e. The first kappa shape index (κ1) is 8.97.